The van der Waals surface area contributed by atoms with Gasteiger partial charge in [0.05, 0.1) is 0 Å². The predicted octanol–water partition coefficient (Wildman–Crippen LogP) is 5.04. The van der Waals surface area contributed by atoms with Gasteiger partial charge in [-0.05, 0) is 58.0 Å². The molecule has 0 aromatic carbocycles. The molecular formula is C17H39NOSi. The maximum Gasteiger partial charge on any atom is 0.182 e. The van der Waals surface area contributed by atoms with Crippen LogP contribution in [0.1, 0.15) is 71.6 Å². The molecule has 20 heavy (non-hydrogen) atoms. The third kappa shape index (κ3) is 14.5. The maximum absolute atomic E-state index is 9.94. The smallest absolute Gasteiger partial charge is 0.182 e. The van der Waals surface area contributed by atoms with Crippen molar-refractivity contribution in [3.05, 3.63) is 0 Å². The van der Waals surface area contributed by atoms with E-state index in [4.69, 9.17) is 0 Å². The second-order valence-corrected chi connectivity index (χ2v) is 11.0. The van der Waals surface area contributed by atoms with Gasteiger partial charge in [-0.1, -0.05) is 52.4 Å². The summed E-state index contributed by atoms with van der Waals surface area (Å²) in [5.74, 6) is 0. The summed E-state index contributed by atoms with van der Waals surface area (Å²) in [6.07, 6.45) is 12.0. The first kappa shape index (κ1) is 20.1. The van der Waals surface area contributed by atoms with Gasteiger partial charge in [0.2, 0.25) is 0 Å². The van der Waals surface area contributed by atoms with Crippen molar-refractivity contribution in [2.75, 3.05) is 19.6 Å². The monoisotopic (exact) mass is 301 g/mol. The molecule has 0 aromatic heterocycles. The zero-order chi connectivity index (χ0) is 15.3. The van der Waals surface area contributed by atoms with E-state index < -0.39 is 8.32 Å². The highest BCUT2D eigenvalue weighted by molar-refractivity contribution is 6.69. The van der Waals surface area contributed by atoms with Crippen LogP contribution in [0.2, 0.25) is 19.1 Å². The molecule has 0 radical (unpaired) electrons. The lowest BCUT2D eigenvalue weighted by Crippen LogP contribution is -2.30. The third-order valence-electron chi connectivity index (χ3n) is 3.92. The van der Waals surface area contributed by atoms with E-state index in [9.17, 15) is 4.80 Å². The quantitative estimate of drug-likeness (QED) is 0.359. The van der Waals surface area contributed by atoms with Crippen LogP contribution in [-0.2, 0) is 0 Å². The summed E-state index contributed by atoms with van der Waals surface area (Å²) in [4.78, 5) is 12.6. The second-order valence-electron chi connectivity index (χ2n) is 6.88. The third-order valence-corrected chi connectivity index (χ3v) is 5.50. The number of hydrogen-bond donors (Lipinski definition) is 1. The van der Waals surface area contributed by atoms with Crippen LogP contribution in [-0.4, -0.2) is 37.6 Å². The maximum atomic E-state index is 9.94. The van der Waals surface area contributed by atoms with Gasteiger partial charge < -0.3 is 9.70 Å². The molecule has 0 rings (SSSR count). The van der Waals surface area contributed by atoms with Crippen LogP contribution in [0.5, 0.6) is 0 Å². The summed E-state index contributed by atoms with van der Waals surface area (Å²) < 4.78 is 0. The fourth-order valence-corrected chi connectivity index (χ4v) is 3.62. The van der Waals surface area contributed by atoms with Gasteiger partial charge in [0.15, 0.2) is 8.32 Å². The summed E-state index contributed by atoms with van der Waals surface area (Å²) in [5, 5.41) is 0. The average molecular weight is 302 g/mol. The normalized spacial score (nSPS) is 12.3. The molecule has 0 saturated heterocycles. The van der Waals surface area contributed by atoms with Crippen molar-refractivity contribution in [3.8, 4) is 0 Å². The van der Waals surface area contributed by atoms with Crippen LogP contribution in [0.25, 0.3) is 0 Å². The van der Waals surface area contributed by atoms with Gasteiger partial charge >= 0.3 is 0 Å². The minimum absolute atomic E-state index is 1.05. The van der Waals surface area contributed by atoms with E-state index in [0.29, 0.717) is 0 Å². The van der Waals surface area contributed by atoms with Crippen LogP contribution in [0.4, 0.5) is 0 Å². The molecule has 0 saturated carbocycles. The van der Waals surface area contributed by atoms with Crippen LogP contribution in [0.15, 0.2) is 0 Å². The Morgan fingerprint density at radius 1 is 0.700 bits per heavy atom. The Balaban J connectivity index is 3.84. The molecule has 0 bridgehead atoms. The Bertz CT molecular complexity index is 192. The van der Waals surface area contributed by atoms with Gasteiger partial charge in [-0.2, -0.15) is 0 Å². The zero-order valence-electron chi connectivity index (χ0n) is 14.6. The lowest BCUT2D eigenvalue weighted by atomic mass is 10.1. The molecule has 3 heteroatoms. The molecule has 0 fully saturated rings. The van der Waals surface area contributed by atoms with Crippen LogP contribution in [0, 0.1) is 0 Å². The van der Waals surface area contributed by atoms with E-state index in [1.807, 2.05) is 0 Å². The highest BCUT2D eigenvalue weighted by Gasteiger charge is 2.16. The van der Waals surface area contributed by atoms with E-state index in [1.165, 1.54) is 77.4 Å². The summed E-state index contributed by atoms with van der Waals surface area (Å²) in [6.45, 7) is 12.4. The van der Waals surface area contributed by atoms with Gasteiger partial charge in [0.25, 0.3) is 0 Å². The van der Waals surface area contributed by atoms with Crippen LogP contribution in [0.3, 0.4) is 0 Å². The Kier molecular flexibility index (Phi) is 12.9. The molecule has 1 N–H and O–H groups in total. The average Bonchev–Trinajstić information content (AvgIpc) is 2.37. The first-order chi connectivity index (χ1) is 9.49. The Morgan fingerprint density at radius 2 is 1.15 bits per heavy atom. The SMILES string of the molecule is CCCCCCN(CCCCCC)CCC[Si](C)(C)O. The molecule has 122 valence electrons. The summed E-state index contributed by atoms with van der Waals surface area (Å²) in [6, 6.07) is 1.05. The summed E-state index contributed by atoms with van der Waals surface area (Å²) >= 11 is 0. The van der Waals surface area contributed by atoms with Crippen molar-refractivity contribution in [3.63, 3.8) is 0 Å². The topological polar surface area (TPSA) is 23.5 Å². The fourth-order valence-electron chi connectivity index (χ4n) is 2.60. The first-order valence-corrected chi connectivity index (χ1v) is 12.1. The van der Waals surface area contributed by atoms with E-state index in [2.05, 4.69) is 31.8 Å². The molecule has 2 nitrogen and oxygen atoms in total. The highest BCUT2D eigenvalue weighted by atomic mass is 28.4. The van der Waals surface area contributed by atoms with Crippen molar-refractivity contribution in [1.82, 2.24) is 4.90 Å². The van der Waals surface area contributed by atoms with E-state index >= 15 is 0 Å². The molecule has 0 unspecified atom stereocenters. The van der Waals surface area contributed by atoms with Crippen molar-refractivity contribution in [1.29, 1.82) is 0 Å². The number of unbranched alkanes of at least 4 members (excludes halogenated alkanes) is 6. The molecule has 0 aliphatic heterocycles. The van der Waals surface area contributed by atoms with Crippen LogP contribution < -0.4 is 0 Å². The molecule has 0 aliphatic rings. The van der Waals surface area contributed by atoms with Gasteiger partial charge in [0.1, 0.15) is 0 Å². The Hall–Kier alpha value is 0.137. The fraction of sp³-hybridized carbons (Fsp3) is 1.00. The Morgan fingerprint density at radius 3 is 1.55 bits per heavy atom. The first-order valence-electron chi connectivity index (χ1n) is 8.94. The molecule has 0 aliphatic carbocycles. The minimum Gasteiger partial charge on any atom is -0.432 e. The lowest BCUT2D eigenvalue weighted by molar-refractivity contribution is 0.260. The minimum atomic E-state index is -1.84. The van der Waals surface area contributed by atoms with Gasteiger partial charge in [-0.25, -0.2) is 0 Å². The van der Waals surface area contributed by atoms with Gasteiger partial charge in [-0.3, -0.25) is 0 Å². The standard InChI is InChI=1S/C17H39NOSi/c1-5-7-9-11-14-18(15-12-10-8-6-2)16-13-17-20(3,4)19/h19H,5-17H2,1-4H3. The largest absolute Gasteiger partial charge is 0.432 e. The molecule has 0 atom stereocenters. The zero-order valence-corrected chi connectivity index (χ0v) is 15.6. The molecular weight excluding hydrogens is 262 g/mol. The van der Waals surface area contributed by atoms with E-state index in [-0.39, 0.29) is 0 Å². The summed E-state index contributed by atoms with van der Waals surface area (Å²) in [7, 11) is -1.84. The number of hydrogen-bond acceptors (Lipinski definition) is 2. The molecule has 0 aromatic rings. The van der Waals surface area contributed by atoms with Crippen molar-refractivity contribution in [2.45, 2.75) is 90.8 Å². The Labute approximate surface area is 129 Å². The molecule has 0 spiro atoms. The molecule has 0 heterocycles. The van der Waals surface area contributed by atoms with Crippen molar-refractivity contribution >= 4 is 8.32 Å². The van der Waals surface area contributed by atoms with E-state index in [1.54, 1.807) is 0 Å². The van der Waals surface area contributed by atoms with Gasteiger partial charge in [-0.15, -0.1) is 0 Å². The van der Waals surface area contributed by atoms with E-state index in [0.717, 1.165) is 6.04 Å². The van der Waals surface area contributed by atoms with Crippen LogP contribution >= 0.6 is 0 Å². The van der Waals surface area contributed by atoms with Gasteiger partial charge in [0, 0.05) is 0 Å². The highest BCUT2D eigenvalue weighted by Crippen LogP contribution is 2.11. The van der Waals surface area contributed by atoms with Crippen molar-refractivity contribution in [2.24, 2.45) is 0 Å². The summed E-state index contributed by atoms with van der Waals surface area (Å²) in [5.41, 5.74) is 0. The second kappa shape index (κ2) is 12.8. The lowest BCUT2D eigenvalue weighted by Gasteiger charge is -2.23. The number of rotatable bonds is 14. The van der Waals surface area contributed by atoms with Crippen molar-refractivity contribution < 1.29 is 4.80 Å². The number of nitrogens with zero attached hydrogens (tertiary/aromatic N) is 1. The molecule has 0 amide bonds. The predicted molar refractivity (Wildman–Crippen MR) is 93.8 cm³/mol.